The average Bonchev–Trinajstić information content (AvgIpc) is 3.41. The van der Waals surface area contributed by atoms with E-state index in [0.717, 1.165) is 31.0 Å². The summed E-state index contributed by atoms with van der Waals surface area (Å²) in [7, 11) is 0. The third-order valence-electron chi connectivity index (χ3n) is 13.7. The first kappa shape index (κ1) is 49.1. The minimum Gasteiger partial charge on any atom is -0.354 e. The number of rotatable bonds is 25. The Hall–Kier alpha value is -5.37. The molecular weight excluding hydrogens is 867 g/mol. The van der Waals surface area contributed by atoms with Crippen LogP contribution in [0.4, 0.5) is 0 Å². The molecule has 1 saturated heterocycles. The number of likely N-dealkylation sites (tertiary alicyclic amines) is 1. The second kappa shape index (κ2) is 25.8. The van der Waals surface area contributed by atoms with E-state index in [1.54, 1.807) is 0 Å². The normalized spacial score (nSPS) is 13.7. The molecule has 7 aromatic rings. The number of amides is 1. The molecule has 1 amide bonds. The minimum absolute atomic E-state index is 0.0943. The number of nitrogens with one attached hydrogen (secondary N) is 1. The van der Waals surface area contributed by atoms with E-state index in [4.69, 9.17) is 0 Å². The fourth-order valence-electron chi connectivity index (χ4n) is 10.2. The fourth-order valence-corrected chi connectivity index (χ4v) is 13.2. The summed E-state index contributed by atoms with van der Waals surface area (Å²) in [5.41, 5.74) is 9.01. The Labute approximate surface area is 416 Å². The Morgan fingerprint density at radius 2 is 0.838 bits per heavy atom. The van der Waals surface area contributed by atoms with Crippen LogP contribution < -0.4 is 5.32 Å². The predicted octanol–water partition coefficient (Wildman–Crippen LogP) is 13.7. The molecular formula is C62H69N3OS2. The molecule has 6 heteroatoms. The Morgan fingerprint density at radius 1 is 0.471 bits per heavy atom. The summed E-state index contributed by atoms with van der Waals surface area (Å²) in [6, 6.07) is 76.4. The number of carbonyl (C=O) groups is 1. The summed E-state index contributed by atoms with van der Waals surface area (Å²) in [6.07, 6.45) is 8.56. The summed E-state index contributed by atoms with van der Waals surface area (Å²) in [5.74, 6) is 2.44. The van der Waals surface area contributed by atoms with Crippen molar-refractivity contribution in [1.29, 1.82) is 0 Å². The molecule has 0 aliphatic carbocycles. The summed E-state index contributed by atoms with van der Waals surface area (Å²) >= 11 is 3.88. The summed E-state index contributed by atoms with van der Waals surface area (Å²) in [4.78, 5) is 19.2. The van der Waals surface area contributed by atoms with Crippen molar-refractivity contribution in [3.8, 4) is 0 Å². The average molecular weight is 936 g/mol. The van der Waals surface area contributed by atoms with Gasteiger partial charge in [0.05, 0.1) is 16.0 Å². The first-order chi connectivity index (χ1) is 33.6. The van der Waals surface area contributed by atoms with Crippen LogP contribution in [-0.2, 0) is 14.3 Å². The second-order valence-electron chi connectivity index (χ2n) is 18.2. The molecule has 0 atom stereocenters. The van der Waals surface area contributed by atoms with Gasteiger partial charge in [0.25, 0.3) is 0 Å². The highest BCUT2D eigenvalue weighted by Gasteiger charge is 2.38. The van der Waals surface area contributed by atoms with Crippen molar-refractivity contribution in [2.24, 2.45) is 0 Å². The van der Waals surface area contributed by atoms with Crippen molar-refractivity contribution in [3.63, 3.8) is 0 Å². The van der Waals surface area contributed by atoms with Crippen LogP contribution in [0.5, 0.6) is 0 Å². The van der Waals surface area contributed by atoms with Gasteiger partial charge in [-0.1, -0.05) is 232 Å². The lowest BCUT2D eigenvalue weighted by Gasteiger charge is -2.36. The van der Waals surface area contributed by atoms with Gasteiger partial charge in [-0.15, -0.1) is 23.5 Å². The molecule has 1 aliphatic heterocycles. The molecule has 0 unspecified atom stereocenters. The Morgan fingerprint density at radius 3 is 1.26 bits per heavy atom. The number of hydrogen-bond acceptors (Lipinski definition) is 5. The molecule has 1 fully saturated rings. The van der Waals surface area contributed by atoms with Crippen molar-refractivity contribution in [2.75, 3.05) is 57.3 Å². The third-order valence-corrected chi connectivity index (χ3v) is 16.8. The van der Waals surface area contributed by atoms with Gasteiger partial charge in [0.1, 0.15) is 0 Å². The van der Waals surface area contributed by atoms with Gasteiger partial charge in [-0.25, -0.2) is 0 Å². The van der Waals surface area contributed by atoms with E-state index in [0.29, 0.717) is 19.0 Å². The maximum absolute atomic E-state index is 14.1. The molecule has 7 aromatic carbocycles. The van der Waals surface area contributed by atoms with E-state index in [1.807, 2.05) is 23.5 Å². The van der Waals surface area contributed by atoms with Gasteiger partial charge < -0.3 is 10.2 Å². The topological polar surface area (TPSA) is 35.6 Å². The van der Waals surface area contributed by atoms with Gasteiger partial charge in [-0.2, -0.15) is 0 Å². The highest BCUT2D eigenvalue weighted by Crippen LogP contribution is 2.49. The maximum Gasteiger partial charge on any atom is 0.234 e. The van der Waals surface area contributed by atoms with Crippen LogP contribution in [0, 0.1) is 0 Å². The SMILES string of the molecule is O=C(CN(CCCCCCCN1CCC(c2ccccc2)CC1)CCSC(c1ccccc1)(c1ccccc1)c1ccccc1)NCCSC(c1ccccc1)(c1ccccc1)c1ccccc1. The molecule has 68 heavy (non-hydrogen) atoms. The van der Waals surface area contributed by atoms with E-state index < -0.39 is 9.49 Å². The number of piperidine rings is 1. The van der Waals surface area contributed by atoms with Gasteiger partial charge in [0.2, 0.25) is 5.91 Å². The number of unbranched alkanes of at least 4 members (excludes halogenated alkanes) is 4. The van der Waals surface area contributed by atoms with E-state index in [2.05, 4.69) is 227 Å². The lowest BCUT2D eigenvalue weighted by molar-refractivity contribution is -0.122. The second-order valence-corrected chi connectivity index (χ2v) is 20.8. The van der Waals surface area contributed by atoms with E-state index >= 15 is 0 Å². The van der Waals surface area contributed by atoms with Crippen molar-refractivity contribution in [2.45, 2.75) is 60.4 Å². The zero-order valence-electron chi connectivity index (χ0n) is 39.7. The molecule has 8 rings (SSSR count). The number of hydrogen-bond donors (Lipinski definition) is 1. The molecule has 1 aliphatic rings. The van der Waals surface area contributed by atoms with Crippen LogP contribution >= 0.6 is 23.5 Å². The first-order valence-electron chi connectivity index (χ1n) is 25.0. The first-order valence-corrected chi connectivity index (χ1v) is 27.0. The third kappa shape index (κ3) is 12.8. The van der Waals surface area contributed by atoms with Crippen LogP contribution in [0.1, 0.15) is 89.8 Å². The van der Waals surface area contributed by atoms with Crippen molar-refractivity contribution in [1.82, 2.24) is 15.1 Å². The van der Waals surface area contributed by atoms with Crippen molar-refractivity contribution < 1.29 is 4.79 Å². The predicted molar refractivity (Wildman–Crippen MR) is 291 cm³/mol. The van der Waals surface area contributed by atoms with E-state index in [-0.39, 0.29) is 5.91 Å². The summed E-state index contributed by atoms with van der Waals surface area (Å²) in [6.45, 7) is 6.33. The minimum atomic E-state index is -0.417. The van der Waals surface area contributed by atoms with Crippen molar-refractivity contribution in [3.05, 3.63) is 251 Å². The molecule has 0 bridgehead atoms. The Bertz CT molecular complexity index is 2280. The van der Waals surface area contributed by atoms with Crippen LogP contribution in [0.25, 0.3) is 0 Å². The van der Waals surface area contributed by atoms with Gasteiger partial charge in [-0.3, -0.25) is 9.69 Å². The molecule has 1 N–H and O–H groups in total. The molecule has 350 valence electrons. The summed E-state index contributed by atoms with van der Waals surface area (Å²) < 4.78 is -0.811. The van der Waals surface area contributed by atoms with Crippen LogP contribution in [0.3, 0.4) is 0 Å². The smallest absolute Gasteiger partial charge is 0.234 e. The van der Waals surface area contributed by atoms with E-state index in [1.165, 1.54) is 97.1 Å². The van der Waals surface area contributed by atoms with Crippen molar-refractivity contribution >= 4 is 29.4 Å². The Kier molecular flexibility index (Phi) is 18.6. The molecule has 0 aromatic heterocycles. The number of thioether (sulfide) groups is 2. The highest BCUT2D eigenvalue weighted by molar-refractivity contribution is 8.00. The maximum atomic E-state index is 14.1. The van der Waals surface area contributed by atoms with Gasteiger partial charge in [0, 0.05) is 24.6 Å². The zero-order chi connectivity index (χ0) is 46.5. The molecule has 0 saturated carbocycles. The summed E-state index contributed by atoms with van der Waals surface area (Å²) in [5, 5.41) is 3.37. The standard InChI is InChI=1S/C62H69N3OS2/c66-60(63-43-49-67-61(54-29-13-5-14-30-54,55-31-15-6-16-32-55)56-33-17-7-18-34-56)51-65(45-26-3-1-2-25-44-64-46-41-53(42-47-64)52-27-11-4-12-28-52)48-50-68-62(57-35-19-8-20-36-57,58-37-21-9-22-38-58)59-39-23-10-24-40-59/h4-24,27-40,53H,1-3,25-26,41-51H2,(H,63,66). The van der Waals surface area contributed by atoms with Gasteiger partial charge >= 0.3 is 0 Å². The fraction of sp³-hybridized carbons (Fsp3) is 0.306. The van der Waals surface area contributed by atoms with Gasteiger partial charge in [-0.05, 0) is 96.7 Å². The van der Waals surface area contributed by atoms with Crippen LogP contribution in [0.15, 0.2) is 212 Å². The lowest BCUT2D eigenvalue weighted by Crippen LogP contribution is -2.40. The van der Waals surface area contributed by atoms with Crippen LogP contribution in [-0.4, -0.2) is 73.0 Å². The number of benzene rings is 7. The molecule has 0 radical (unpaired) electrons. The monoisotopic (exact) mass is 935 g/mol. The van der Waals surface area contributed by atoms with E-state index in [9.17, 15) is 4.79 Å². The van der Waals surface area contributed by atoms with Crippen LogP contribution in [0.2, 0.25) is 0 Å². The number of nitrogens with zero attached hydrogens (tertiary/aromatic N) is 2. The largest absolute Gasteiger partial charge is 0.354 e. The Balaban J connectivity index is 0.908. The molecule has 1 heterocycles. The number of carbonyl (C=O) groups excluding carboxylic acids is 1. The molecule has 0 spiro atoms. The quantitative estimate of drug-likeness (QED) is 0.0456. The van der Waals surface area contributed by atoms with Gasteiger partial charge in [0.15, 0.2) is 0 Å². The highest BCUT2D eigenvalue weighted by atomic mass is 32.2. The molecule has 4 nitrogen and oxygen atoms in total. The lowest BCUT2D eigenvalue weighted by atomic mass is 9.84. The zero-order valence-corrected chi connectivity index (χ0v) is 41.4.